The van der Waals surface area contributed by atoms with Crippen molar-refractivity contribution in [3.63, 3.8) is 0 Å². The number of hydrogen-bond donors (Lipinski definition) is 1. The molecule has 2 rings (SSSR count). The number of benzene rings is 1. The first kappa shape index (κ1) is 14.4. The van der Waals surface area contributed by atoms with Gasteiger partial charge in [-0.05, 0) is 45.3 Å². The number of likely N-dealkylation sites (tertiary alicyclic amines) is 1. The van der Waals surface area contributed by atoms with E-state index in [0.717, 1.165) is 29.9 Å². The van der Waals surface area contributed by atoms with Crippen molar-refractivity contribution in [3.05, 3.63) is 29.3 Å². The van der Waals surface area contributed by atoms with Gasteiger partial charge in [0.15, 0.2) is 0 Å². The van der Waals surface area contributed by atoms with E-state index in [1.54, 1.807) is 0 Å². The molecule has 0 aliphatic carbocycles. The summed E-state index contributed by atoms with van der Waals surface area (Å²) < 4.78 is 5.92. The number of aliphatic hydroxyl groups excluding tert-OH is 1. The van der Waals surface area contributed by atoms with Gasteiger partial charge < -0.3 is 14.7 Å². The molecule has 1 aromatic carbocycles. The van der Waals surface area contributed by atoms with Gasteiger partial charge in [-0.2, -0.15) is 0 Å². The summed E-state index contributed by atoms with van der Waals surface area (Å²) in [5.74, 6) is 0.864. The summed E-state index contributed by atoms with van der Waals surface area (Å²) in [7, 11) is 2.21. The van der Waals surface area contributed by atoms with Crippen molar-refractivity contribution in [3.8, 4) is 5.75 Å². The van der Waals surface area contributed by atoms with Crippen LogP contribution in [0.2, 0.25) is 0 Å². The van der Waals surface area contributed by atoms with Crippen molar-refractivity contribution in [1.82, 2.24) is 4.90 Å². The van der Waals surface area contributed by atoms with E-state index in [4.69, 9.17) is 4.74 Å². The van der Waals surface area contributed by atoms with Crippen LogP contribution in [0.4, 0.5) is 0 Å². The highest BCUT2D eigenvalue weighted by Gasteiger charge is 2.18. The van der Waals surface area contributed by atoms with E-state index in [9.17, 15) is 5.11 Å². The van der Waals surface area contributed by atoms with Crippen LogP contribution in [0.5, 0.6) is 5.75 Å². The number of nitrogens with zero attached hydrogens (tertiary/aromatic N) is 1. The highest BCUT2D eigenvalue weighted by molar-refractivity contribution is 5.40. The van der Waals surface area contributed by atoms with E-state index >= 15 is 0 Å². The zero-order valence-corrected chi connectivity index (χ0v) is 12.1. The second kappa shape index (κ2) is 6.92. The normalized spacial score (nSPS) is 20.5. The molecular weight excluding hydrogens is 238 g/mol. The number of hydrogen-bond acceptors (Lipinski definition) is 3. The van der Waals surface area contributed by atoms with E-state index in [2.05, 4.69) is 11.9 Å². The Morgan fingerprint density at radius 3 is 2.95 bits per heavy atom. The zero-order valence-electron chi connectivity index (χ0n) is 12.1. The molecule has 3 heteroatoms. The third kappa shape index (κ3) is 3.71. The number of ether oxygens (including phenoxy) is 1. The van der Waals surface area contributed by atoms with Crippen LogP contribution in [0.1, 0.15) is 36.8 Å². The molecule has 1 unspecified atom stereocenters. The monoisotopic (exact) mass is 263 g/mol. The summed E-state index contributed by atoms with van der Waals surface area (Å²) >= 11 is 0. The zero-order chi connectivity index (χ0) is 13.7. The molecule has 1 aliphatic rings. The van der Waals surface area contributed by atoms with Gasteiger partial charge in [-0.15, -0.1) is 0 Å². The van der Waals surface area contributed by atoms with Crippen molar-refractivity contribution in [2.45, 2.75) is 45.3 Å². The van der Waals surface area contributed by atoms with E-state index in [1.165, 1.54) is 25.8 Å². The summed E-state index contributed by atoms with van der Waals surface area (Å²) in [6.45, 7) is 4.01. The number of piperidine rings is 1. The minimum Gasteiger partial charge on any atom is -0.493 e. The number of rotatable bonds is 5. The maximum absolute atomic E-state index is 9.34. The predicted molar refractivity (Wildman–Crippen MR) is 77.5 cm³/mol. The standard InChI is InChI=1S/C16H25NO2/c1-13-6-5-7-14(12-18)16(13)19-11-9-15-8-3-4-10-17(15)2/h5-7,15,18H,3-4,8-12H2,1-2H3. The lowest BCUT2D eigenvalue weighted by Crippen LogP contribution is -2.37. The van der Waals surface area contributed by atoms with E-state index < -0.39 is 0 Å². The molecule has 1 saturated heterocycles. The first-order chi connectivity index (χ1) is 9.22. The molecule has 1 atom stereocenters. The van der Waals surface area contributed by atoms with Crippen LogP contribution in [0, 0.1) is 6.92 Å². The Labute approximate surface area is 116 Å². The van der Waals surface area contributed by atoms with Crippen LogP contribution in [0.3, 0.4) is 0 Å². The Morgan fingerprint density at radius 1 is 1.37 bits per heavy atom. The fourth-order valence-electron chi connectivity index (χ4n) is 2.85. The van der Waals surface area contributed by atoms with Crippen LogP contribution >= 0.6 is 0 Å². The summed E-state index contributed by atoms with van der Waals surface area (Å²) in [5, 5.41) is 9.34. The van der Waals surface area contributed by atoms with Crippen LogP contribution in [0.15, 0.2) is 18.2 Å². The maximum atomic E-state index is 9.34. The van der Waals surface area contributed by atoms with Crippen LogP contribution < -0.4 is 4.74 Å². The van der Waals surface area contributed by atoms with Crippen molar-refractivity contribution >= 4 is 0 Å². The molecule has 0 spiro atoms. The van der Waals surface area contributed by atoms with Gasteiger partial charge in [0, 0.05) is 11.6 Å². The minimum atomic E-state index is 0.0420. The molecule has 0 aromatic heterocycles. The Hall–Kier alpha value is -1.06. The largest absolute Gasteiger partial charge is 0.493 e. The van der Waals surface area contributed by atoms with Crippen molar-refractivity contribution < 1.29 is 9.84 Å². The first-order valence-electron chi connectivity index (χ1n) is 7.24. The van der Waals surface area contributed by atoms with Gasteiger partial charge in [0.05, 0.1) is 13.2 Å². The molecule has 1 aromatic rings. The van der Waals surface area contributed by atoms with E-state index in [1.807, 2.05) is 25.1 Å². The molecular formula is C16H25NO2. The summed E-state index contributed by atoms with van der Waals surface area (Å²) in [5.41, 5.74) is 1.99. The van der Waals surface area contributed by atoms with Gasteiger partial charge in [-0.3, -0.25) is 0 Å². The first-order valence-corrected chi connectivity index (χ1v) is 7.24. The van der Waals surface area contributed by atoms with Crippen molar-refractivity contribution in [2.24, 2.45) is 0 Å². The van der Waals surface area contributed by atoms with Crippen LogP contribution in [-0.2, 0) is 6.61 Å². The number of aliphatic hydroxyl groups is 1. The second-order valence-electron chi connectivity index (χ2n) is 5.49. The quantitative estimate of drug-likeness (QED) is 0.886. The van der Waals surface area contributed by atoms with Crippen molar-refractivity contribution in [1.29, 1.82) is 0 Å². The van der Waals surface area contributed by atoms with Crippen LogP contribution in [-0.4, -0.2) is 36.2 Å². The van der Waals surface area contributed by atoms with Crippen LogP contribution in [0.25, 0.3) is 0 Å². The fraction of sp³-hybridized carbons (Fsp3) is 0.625. The molecule has 1 fully saturated rings. The van der Waals surface area contributed by atoms with Gasteiger partial charge in [0.25, 0.3) is 0 Å². The highest BCUT2D eigenvalue weighted by Crippen LogP contribution is 2.24. The minimum absolute atomic E-state index is 0.0420. The van der Waals surface area contributed by atoms with E-state index in [0.29, 0.717) is 6.04 Å². The predicted octanol–water partition coefficient (Wildman–Crippen LogP) is 2.74. The smallest absolute Gasteiger partial charge is 0.127 e. The van der Waals surface area contributed by atoms with Crippen molar-refractivity contribution in [2.75, 3.05) is 20.2 Å². The highest BCUT2D eigenvalue weighted by atomic mass is 16.5. The Bertz CT molecular complexity index is 406. The van der Waals surface area contributed by atoms with Gasteiger partial charge in [-0.1, -0.05) is 24.6 Å². The summed E-state index contributed by atoms with van der Waals surface area (Å²) in [6, 6.07) is 6.56. The molecule has 0 saturated carbocycles. The topological polar surface area (TPSA) is 32.7 Å². The molecule has 3 nitrogen and oxygen atoms in total. The summed E-state index contributed by atoms with van der Waals surface area (Å²) in [6.07, 6.45) is 5.00. The average molecular weight is 263 g/mol. The molecule has 0 radical (unpaired) electrons. The van der Waals surface area contributed by atoms with Gasteiger partial charge in [-0.25, -0.2) is 0 Å². The molecule has 0 bridgehead atoms. The third-order valence-electron chi connectivity index (χ3n) is 4.08. The third-order valence-corrected chi connectivity index (χ3v) is 4.08. The summed E-state index contributed by atoms with van der Waals surface area (Å²) in [4.78, 5) is 2.44. The molecule has 19 heavy (non-hydrogen) atoms. The number of aryl methyl sites for hydroxylation is 1. The molecule has 1 N–H and O–H groups in total. The molecule has 1 aliphatic heterocycles. The van der Waals surface area contributed by atoms with Gasteiger partial charge in [0.1, 0.15) is 5.75 Å². The lowest BCUT2D eigenvalue weighted by Gasteiger charge is -2.32. The molecule has 1 heterocycles. The Balaban J connectivity index is 1.88. The fourth-order valence-corrected chi connectivity index (χ4v) is 2.85. The number of para-hydroxylation sites is 1. The average Bonchev–Trinajstić information content (AvgIpc) is 2.42. The SMILES string of the molecule is Cc1cccc(CO)c1OCCC1CCCCN1C. The Morgan fingerprint density at radius 2 is 2.21 bits per heavy atom. The molecule has 0 amide bonds. The lowest BCUT2D eigenvalue weighted by molar-refractivity contribution is 0.151. The second-order valence-corrected chi connectivity index (χ2v) is 5.49. The Kier molecular flexibility index (Phi) is 5.23. The lowest BCUT2D eigenvalue weighted by atomic mass is 10.0. The molecule has 106 valence electrons. The van der Waals surface area contributed by atoms with Gasteiger partial charge in [0.2, 0.25) is 0 Å². The maximum Gasteiger partial charge on any atom is 0.127 e. The van der Waals surface area contributed by atoms with E-state index in [-0.39, 0.29) is 6.61 Å². The van der Waals surface area contributed by atoms with Gasteiger partial charge >= 0.3 is 0 Å².